The monoisotopic (exact) mass is 180 g/mol. The number of nitrogens with two attached hydrogens (primary N) is 1. The number of aromatic nitrogens is 1. The molecule has 0 aliphatic heterocycles. The van der Waals surface area contributed by atoms with Crippen molar-refractivity contribution in [2.75, 3.05) is 6.61 Å². The van der Waals surface area contributed by atoms with Crippen molar-refractivity contribution in [1.82, 2.24) is 4.98 Å². The predicted molar refractivity (Wildman–Crippen MR) is 52.4 cm³/mol. The van der Waals surface area contributed by atoms with E-state index in [2.05, 4.69) is 4.98 Å². The van der Waals surface area contributed by atoms with Gasteiger partial charge in [0.2, 0.25) is 0 Å². The van der Waals surface area contributed by atoms with Crippen LogP contribution in [0.5, 0.6) is 0 Å². The molecule has 1 aromatic heterocycles. The number of nitrogens with zero attached hydrogens (tertiary/aromatic N) is 1. The van der Waals surface area contributed by atoms with Gasteiger partial charge >= 0.3 is 0 Å². The molecule has 0 aromatic carbocycles. The normalized spacial score (nSPS) is 12.8. The topological polar surface area (TPSA) is 59.1 Å². The number of rotatable bonds is 4. The molecule has 0 saturated carbocycles. The molecule has 1 rings (SSSR count). The van der Waals surface area contributed by atoms with E-state index in [4.69, 9.17) is 10.8 Å². The standard InChI is InChI=1S/C10H16N2O/c1-8-3-2-4-10(12-8)7-9(11)5-6-13/h2-4,9,13H,5-7,11H2,1H3/t9-/m1/s1. The number of aryl methyl sites for hydroxylation is 1. The minimum absolute atomic E-state index is 0.0132. The minimum Gasteiger partial charge on any atom is -0.396 e. The van der Waals surface area contributed by atoms with Crippen LogP contribution in [0.15, 0.2) is 18.2 Å². The van der Waals surface area contributed by atoms with Gasteiger partial charge in [-0.25, -0.2) is 0 Å². The first-order valence-corrected chi connectivity index (χ1v) is 4.51. The third kappa shape index (κ3) is 3.53. The van der Waals surface area contributed by atoms with Gasteiger partial charge in [-0.05, 0) is 25.5 Å². The van der Waals surface area contributed by atoms with Crippen LogP contribution in [0.25, 0.3) is 0 Å². The second-order valence-electron chi connectivity index (χ2n) is 3.25. The van der Waals surface area contributed by atoms with Gasteiger partial charge in [0.05, 0.1) is 0 Å². The zero-order chi connectivity index (χ0) is 9.68. The Morgan fingerprint density at radius 1 is 1.54 bits per heavy atom. The van der Waals surface area contributed by atoms with Gasteiger partial charge in [0.1, 0.15) is 0 Å². The summed E-state index contributed by atoms with van der Waals surface area (Å²) in [6.07, 6.45) is 1.37. The molecule has 1 aromatic rings. The Morgan fingerprint density at radius 2 is 2.31 bits per heavy atom. The molecule has 0 aliphatic rings. The van der Waals surface area contributed by atoms with Crippen LogP contribution < -0.4 is 5.73 Å². The first kappa shape index (κ1) is 10.2. The number of aliphatic hydroxyl groups excluding tert-OH is 1. The van der Waals surface area contributed by atoms with Crippen LogP contribution in [0, 0.1) is 6.92 Å². The molecule has 0 saturated heterocycles. The van der Waals surface area contributed by atoms with Gasteiger partial charge in [0, 0.05) is 30.5 Å². The first-order chi connectivity index (χ1) is 6.22. The second kappa shape index (κ2) is 4.94. The van der Waals surface area contributed by atoms with E-state index in [1.165, 1.54) is 0 Å². The maximum atomic E-state index is 8.67. The molecule has 0 aliphatic carbocycles. The predicted octanol–water partition coefficient (Wildman–Crippen LogP) is 0.642. The molecule has 0 unspecified atom stereocenters. The summed E-state index contributed by atoms with van der Waals surface area (Å²) in [6.45, 7) is 2.11. The first-order valence-electron chi connectivity index (χ1n) is 4.51. The van der Waals surface area contributed by atoms with E-state index in [9.17, 15) is 0 Å². The lowest BCUT2D eigenvalue weighted by Crippen LogP contribution is -2.24. The van der Waals surface area contributed by atoms with E-state index in [1.54, 1.807) is 0 Å². The van der Waals surface area contributed by atoms with Crippen molar-refractivity contribution in [2.24, 2.45) is 5.73 Å². The Labute approximate surface area is 78.6 Å². The van der Waals surface area contributed by atoms with Crippen molar-refractivity contribution in [1.29, 1.82) is 0 Å². The Hall–Kier alpha value is -0.930. The molecular weight excluding hydrogens is 164 g/mol. The number of hydrogen-bond donors (Lipinski definition) is 2. The quantitative estimate of drug-likeness (QED) is 0.715. The smallest absolute Gasteiger partial charge is 0.0445 e. The fourth-order valence-corrected chi connectivity index (χ4v) is 1.25. The SMILES string of the molecule is Cc1cccc(C[C@H](N)CCO)n1. The lowest BCUT2D eigenvalue weighted by molar-refractivity contribution is 0.275. The minimum atomic E-state index is 0.0132. The summed E-state index contributed by atoms with van der Waals surface area (Å²) < 4.78 is 0. The summed E-state index contributed by atoms with van der Waals surface area (Å²) in [5.74, 6) is 0. The summed E-state index contributed by atoms with van der Waals surface area (Å²) in [7, 11) is 0. The molecule has 0 radical (unpaired) electrons. The Balaban J connectivity index is 2.53. The molecule has 0 spiro atoms. The van der Waals surface area contributed by atoms with Crippen molar-refractivity contribution >= 4 is 0 Å². The lowest BCUT2D eigenvalue weighted by atomic mass is 10.1. The summed E-state index contributed by atoms with van der Waals surface area (Å²) in [5, 5.41) is 8.67. The highest BCUT2D eigenvalue weighted by Gasteiger charge is 2.03. The van der Waals surface area contributed by atoms with Crippen molar-refractivity contribution in [3.05, 3.63) is 29.6 Å². The van der Waals surface area contributed by atoms with E-state index in [-0.39, 0.29) is 12.6 Å². The van der Waals surface area contributed by atoms with Crippen LogP contribution in [-0.2, 0) is 6.42 Å². The maximum absolute atomic E-state index is 8.67. The van der Waals surface area contributed by atoms with Crippen molar-refractivity contribution in [3.63, 3.8) is 0 Å². The highest BCUT2D eigenvalue weighted by Crippen LogP contribution is 2.02. The van der Waals surface area contributed by atoms with E-state index in [0.717, 1.165) is 17.8 Å². The highest BCUT2D eigenvalue weighted by molar-refractivity contribution is 5.10. The van der Waals surface area contributed by atoms with Crippen LogP contribution in [0.1, 0.15) is 17.8 Å². The maximum Gasteiger partial charge on any atom is 0.0445 e. The second-order valence-corrected chi connectivity index (χ2v) is 3.25. The molecule has 13 heavy (non-hydrogen) atoms. The molecule has 3 nitrogen and oxygen atoms in total. The Bertz CT molecular complexity index is 263. The summed E-state index contributed by atoms with van der Waals surface area (Å²) in [5.41, 5.74) is 7.78. The van der Waals surface area contributed by atoms with E-state index < -0.39 is 0 Å². The third-order valence-corrected chi connectivity index (χ3v) is 1.92. The number of pyridine rings is 1. The van der Waals surface area contributed by atoms with Gasteiger partial charge in [-0.1, -0.05) is 6.07 Å². The van der Waals surface area contributed by atoms with Gasteiger partial charge in [0.25, 0.3) is 0 Å². The van der Waals surface area contributed by atoms with Gasteiger partial charge in [0.15, 0.2) is 0 Å². The van der Waals surface area contributed by atoms with E-state index in [1.807, 2.05) is 25.1 Å². The molecule has 0 bridgehead atoms. The molecule has 0 fully saturated rings. The Kier molecular flexibility index (Phi) is 3.86. The summed E-state index contributed by atoms with van der Waals surface area (Å²) in [6, 6.07) is 5.91. The largest absolute Gasteiger partial charge is 0.396 e. The number of hydrogen-bond acceptors (Lipinski definition) is 3. The Morgan fingerprint density at radius 3 is 2.92 bits per heavy atom. The van der Waals surface area contributed by atoms with Crippen LogP contribution >= 0.6 is 0 Å². The van der Waals surface area contributed by atoms with E-state index in [0.29, 0.717) is 6.42 Å². The van der Waals surface area contributed by atoms with E-state index >= 15 is 0 Å². The van der Waals surface area contributed by atoms with Crippen LogP contribution in [0.4, 0.5) is 0 Å². The van der Waals surface area contributed by atoms with Crippen molar-refractivity contribution in [2.45, 2.75) is 25.8 Å². The average molecular weight is 180 g/mol. The fraction of sp³-hybridized carbons (Fsp3) is 0.500. The van der Waals surface area contributed by atoms with Gasteiger partial charge in [-0.2, -0.15) is 0 Å². The van der Waals surface area contributed by atoms with Crippen LogP contribution in [-0.4, -0.2) is 22.7 Å². The van der Waals surface area contributed by atoms with Crippen LogP contribution in [0.2, 0.25) is 0 Å². The molecule has 1 heterocycles. The summed E-state index contributed by atoms with van der Waals surface area (Å²) in [4.78, 5) is 4.33. The fourth-order valence-electron chi connectivity index (χ4n) is 1.25. The lowest BCUT2D eigenvalue weighted by Gasteiger charge is -2.08. The zero-order valence-electron chi connectivity index (χ0n) is 7.90. The van der Waals surface area contributed by atoms with Crippen molar-refractivity contribution < 1.29 is 5.11 Å². The molecule has 0 amide bonds. The zero-order valence-corrected chi connectivity index (χ0v) is 7.90. The van der Waals surface area contributed by atoms with Gasteiger partial charge in [-0.3, -0.25) is 4.98 Å². The summed E-state index contributed by atoms with van der Waals surface area (Å²) >= 11 is 0. The number of aliphatic hydroxyl groups is 1. The molecular formula is C10H16N2O. The third-order valence-electron chi connectivity index (χ3n) is 1.92. The average Bonchev–Trinajstić information content (AvgIpc) is 2.04. The highest BCUT2D eigenvalue weighted by atomic mass is 16.3. The molecule has 1 atom stereocenters. The molecule has 72 valence electrons. The molecule has 3 heteroatoms. The van der Waals surface area contributed by atoms with Crippen LogP contribution in [0.3, 0.4) is 0 Å². The van der Waals surface area contributed by atoms with Gasteiger partial charge in [-0.15, -0.1) is 0 Å². The van der Waals surface area contributed by atoms with Gasteiger partial charge < -0.3 is 10.8 Å². The molecule has 3 N–H and O–H groups in total. The van der Waals surface area contributed by atoms with Crippen molar-refractivity contribution in [3.8, 4) is 0 Å².